The van der Waals surface area contributed by atoms with Crippen molar-refractivity contribution in [1.29, 1.82) is 0 Å². The predicted octanol–water partition coefficient (Wildman–Crippen LogP) is 4.16. The first-order chi connectivity index (χ1) is 12.1. The first-order valence-corrected chi connectivity index (χ1v) is 7.66. The number of fused-ring (bicyclic) bond motifs is 1. The van der Waals surface area contributed by atoms with E-state index in [4.69, 9.17) is 25.2 Å². The van der Waals surface area contributed by atoms with Crippen LogP contribution in [-0.2, 0) is 9.53 Å². The summed E-state index contributed by atoms with van der Waals surface area (Å²) in [4.78, 5) is 23.9. The molecule has 0 unspecified atom stereocenters. The highest BCUT2D eigenvalue weighted by Gasteiger charge is 2.19. The zero-order chi connectivity index (χ0) is 17.8. The molecule has 0 bridgehead atoms. The van der Waals surface area contributed by atoms with Gasteiger partial charge in [-0.25, -0.2) is 0 Å². The lowest BCUT2D eigenvalue weighted by molar-refractivity contribution is -0.139. The van der Waals surface area contributed by atoms with E-state index in [0.717, 1.165) is 0 Å². The molecular formula is C18H13ClO6. The number of ether oxygens (including phenoxy) is 2. The van der Waals surface area contributed by atoms with Crippen LogP contribution in [0.1, 0.15) is 6.42 Å². The topological polar surface area (TPSA) is 78.9 Å². The van der Waals surface area contributed by atoms with Gasteiger partial charge in [0.05, 0.1) is 31.4 Å². The summed E-state index contributed by atoms with van der Waals surface area (Å²) in [7, 11) is 1.29. The van der Waals surface area contributed by atoms with E-state index < -0.39 is 11.4 Å². The quantitative estimate of drug-likeness (QED) is 0.502. The number of benzene rings is 1. The predicted molar refractivity (Wildman–Crippen MR) is 91.6 cm³/mol. The summed E-state index contributed by atoms with van der Waals surface area (Å²) in [5.41, 5.74) is -0.0513. The molecule has 1 aromatic carbocycles. The number of hydrogen-bond donors (Lipinski definition) is 0. The SMILES string of the molecule is COC(=O)C/C=C/Oc1c(-c2ccco2)oc2ccc(Cl)cc2c1=O. The van der Waals surface area contributed by atoms with Gasteiger partial charge in [0, 0.05) is 5.02 Å². The van der Waals surface area contributed by atoms with Crippen molar-refractivity contribution >= 4 is 28.5 Å². The maximum absolute atomic E-state index is 12.8. The fourth-order valence-corrected chi connectivity index (χ4v) is 2.34. The monoisotopic (exact) mass is 360 g/mol. The third kappa shape index (κ3) is 3.59. The van der Waals surface area contributed by atoms with Crippen molar-refractivity contribution in [3.05, 3.63) is 64.2 Å². The van der Waals surface area contributed by atoms with Crippen molar-refractivity contribution in [1.82, 2.24) is 0 Å². The van der Waals surface area contributed by atoms with E-state index in [1.54, 1.807) is 24.3 Å². The molecule has 3 rings (SSSR count). The van der Waals surface area contributed by atoms with Gasteiger partial charge in [-0.3, -0.25) is 9.59 Å². The summed E-state index contributed by atoms with van der Waals surface area (Å²) in [6, 6.07) is 8.03. The molecule has 6 nitrogen and oxygen atoms in total. The highest BCUT2D eigenvalue weighted by atomic mass is 35.5. The Balaban J connectivity index is 2.07. The molecule has 0 amide bonds. The minimum Gasteiger partial charge on any atom is -0.469 e. The molecule has 25 heavy (non-hydrogen) atoms. The lowest BCUT2D eigenvalue weighted by Gasteiger charge is -2.07. The minimum atomic E-state index is -0.427. The van der Waals surface area contributed by atoms with Gasteiger partial charge in [-0.05, 0) is 36.4 Å². The Morgan fingerprint density at radius 1 is 1.32 bits per heavy atom. The summed E-state index contributed by atoms with van der Waals surface area (Å²) in [6.45, 7) is 0. The molecule has 2 aromatic heterocycles. The summed E-state index contributed by atoms with van der Waals surface area (Å²) in [5.74, 6) is -0.00729. The molecule has 0 aliphatic rings. The molecule has 128 valence electrons. The second-order valence-electron chi connectivity index (χ2n) is 4.98. The molecule has 0 aliphatic heterocycles. The van der Waals surface area contributed by atoms with E-state index in [-0.39, 0.29) is 23.3 Å². The number of carbonyl (C=O) groups is 1. The van der Waals surface area contributed by atoms with Crippen LogP contribution in [0.4, 0.5) is 0 Å². The average Bonchev–Trinajstić information content (AvgIpc) is 3.14. The number of carbonyl (C=O) groups excluding carboxylic acids is 1. The number of esters is 1. The normalized spacial score (nSPS) is 11.1. The first kappa shape index (κ1) is 16.9. The van der Waals surface area contributed by atoms with E-state index in [1.165, 1.54) is 31.8 Å². The van der Waals surface area contributed by atoms with Crippen LogP contribution < -0.4 is 10.2 Å². The Morgan fingerprint density at radius 3 is 2.88 bits per heavy atom. The highest BCUT2D eigenvalue weighted by Crippen LogP contribution is 2.32. The Bertz CT molecular complexity index is 985. The molecule has 7 heteroatoms. The van der Waals surface area contributed by atoms with Crippen LogP contribution in [0.2, 0.25) is 5.02 Å². The molecule has 0 saturated heterocycles. The molecule has 0 radical (unpaired) electrons. The van der Waals surface area contributed by atoms with Crippen LogP contribution in [0.15, 0.2) is 62.6 Å². The Hall–Kier alpha value is -2.99. The third-order valence-corrected chi connectivity index (χ3v) is 3.59. The van der Waals surface area contributed by atoms with E-state index in [9.17, 15) is 9.59 Å². The van der Waals surface area contributed by atoms with Crippen LogP contribution in [-0.4, -0.2) is 13.1 Å². The minimum absolute atomic E-state index is 0.0112. The van der Waals surface area contributed by atoms with Gasteiger partial charge >= 0.3 is 5.97 Å². The zero-order valence-corrected chi connectivity index (χ0v) is 13.9. The van der Waals surface area contributed by atoms with Crippen molar-refractivity contribution < 1.29 is 23.1 Å². The van der Waals surface area contributed by atoms with Gasteiger partial charge in [-0.2, -0.15) is 0 Å². The molecule has 2 heterocycles. The maximum Gasteiger partial charge on any atom is 0.309 e. The molecule has 0 fully saturated rings. The molecule has 3 aromatic rings. The van der Waals surface area contributed by atoms with Crippen molar-refractivity contribution in [2.24, 2.45) is 0 Å². The summed E-state index contributed by atoms with van der Waals surface area (Å²) < 4.78 is 21.0. The fourth-order valence-electron chi connectivity index (χ4n) is 2.17. The van der Waals surface area contributed by atoms with Crippen molar-refractivity contribution in [3.8, 4) is 17.3 Å². The van der Waals surface area contributed by atoms with Gasteiger partial charge in [-0.1, -0.05) is 11.6 Å². The van der Waals surface area contributed by atoms with Crippen molar-refractivity contribution in [2.75, 3.05) is 7.11 Å². The standard InChI is InChI=1S/C18H13ClO6/c1-22-15(20)5-3-9-24-18-16(21)12-10-11(19)6-7-13(12)25-17(18)14-4-2-8-23-14/h2-4,6-10H,5H2,1H3/b9-3+. The second-order valence-corrected chi connectivity index (χ2v) is 5.41. The summed E-state index contributed by atoms with van der Waals surface area (Å²) in [5, 5.41) is 0.678. The van der Waals surface area contributed by atoms with Crippen molar-refractivity contribution in [3.63, 3.8) is 0 Å². The average molecular weight is 361 g/mol. The smallest absolute Gasteiger partial charge is 0.309 e. The Labute approximate surface area is 147 Å². The number of furan rings is 1. The van der Waals surface area contributed by atoms with Gasteiger partial charge in [0.25, 0.3) is 0 Å². The van der Waals surface area contributed by atoms with E-state index >= 15 is 0 Å². The third-order valence-electron chi connectivity index (χ3n) is 3.35. The fraction of sp³-hybridized carbons (Fsp3) is 0.111. The molecular weight excluding hydrogens is 348 g/mol. The summed E-state index contributed by atoms with van der Waals surface area (Å²) >= 11 is 5.95. The van der Waals surface area contributed by atoms with Gasteiger partial charge in [0.1, 0.15) is 5.58 Å². The number of methoxy groups -OCH3 is 1. The number of halogens is 1. The number of hydrogen-bond acceptors (Lipinski definition) is 6. The lowest BCUT2D eigenvalue weighted by atomic mass is 10.2. The van der Waals surface area contributed by atoms with Crippen molar-refractivity contribution in [2.45, 2.75) is 6.42 Å². The second kappa shape index (κ2) is 7.27. The molecule has 0 aliphatic carbocycles. The van der Waals surface area contributed by atoms with E-state index in [2.05, 4.69) is 4.74 Å². The van der Waals surface area contributed by atoms with Gasteiger partial charge in [-0.15, -0.1) is 0 Å². The van der Waals surface area contributed by atoms with Crippen LogP contribution in [0, 0.1) is 0 Å². The van der Waals surface area contributed by atoms with Crippen LogP contribution in [0.3, 0.4) is 0 Å². The highest BCUT2D eigenvalue weighted by molar-refractivity contribution is 6.31. The Morgan fingerprint density at radius 2 is 2.16 bits per heavy atom. The lowest BCUT2D eigenvalue weighted by Crippen LogP contribution is -2.07. The van der Waals surface area contributed by atoms with E-state index in [0.29, 0.717) is 16.4 Å². The maximum atomic E-state index is 12.8. The van der Waals surface area contributed by atoms with Gasteiger partial charge in [0.15, 0.2) is 5.76 Å². The van der Waals surface area contributed by atoms with E-state index in [1.807, 2.05) is 0 Å². The first-order valence-electron chi connectivity index (χ1n) is 7.29. The Kier molecular flexibility index (Phi) is 4.90. The number of rotatable bonds is 5. The van der Waals surface area contributed by atoms with Crippen LogP contribution in [0.5, 0.6) is 5.75 Å². The largest absolute Gasteiger partial charge is 0.469 e. The molecule has 0 spiro atoms. The van der Waals surface area contributed by atoms with Crippen LogP contribution >= 0.6 is 11.6 Å². The van der Waals surface area contributed by atoms with Crippen LogP contribution in [0.25, 0.3) is 22.5 Å². The molecule has 0 saturated carbocycles. The summed E-state index contributed by atoms with van der Waals surface area (Å²) in [6.07, 6.45) is 4.13. The van der Waals surface area contributed by atoms with Gasteiger partial charge < -0.3 is 18.3 Å². The van der Waals surface area contributed by atoms with Gasteiger partial charge in [0.2, 0.25) is 16.9 Å². The molecule has 0 atom stereocenters. The molecule has 0 N–H and O–H groups in total. The zero-order valence-electron chi connectivity index (χ0n) is 13.2.